The van der Waals surface area contributed by atoms with E-state index in [0.717, 1.165) is 18.4 Å². The highest BCUT2D eigenvalue weighted by atomic mass is 16.7. The first-order valence-corrected chi connectivity index (χ1v) is 11.5. The van der Waals surface area contributed by atoms with Gasteiger partial charge in [-0.25, -0.2) is 9.59 Å². The minimum Gasteiger partial charge on any atom is -0.491 e. The predicted octanol–water partition coefficient (Wildman–Crippen LogP) is 5.11. The summed E-state index contributed by atoms with van der Waals surface area (Å²) in [6.07, 6.45) is 1.07. The summed E-state index contributed by atoms with van der Waals surface area (Å²) < 4.78 is 11.3. The molecule has 1 saturated heterocycles. The zero-order valence-corrected chi connectivity index (χ0v) is 20.4. The second-order valence-corrected chi connectivity index (χ2v) is 9.60. The van der Waals surface area contributed by atoms with Crippen LogP contribution in [0.15, 0.2) is 42.5 Å². The monoisotopic (exact) mass is 485 g/mol. The summed E-state index contributed by atoms with van der Waals surface area (Å²) in [5.41, 5.74) is 0.695. The lowest BCUT2D eigenvalue weighted by atomic mass is 9.97. The van der Waals surface area contributed by atoms with Crippen molar-refractivity contribution in [3.63, 3.8) is 0 Å². The molecule has 1 aliphatic heterocycles. The third-order valence-corrected chi connectivity index (χ3v) is 5.41. The first-order chi connectivity index (χ1) is 16.5. The maximum atomic E-state index is 12.4. The number of nitro groups is 1. The molecular formula is C25H31N3O7. The van der Waals surface area contributed by atoms with Gasteiger partial charge in [-0.1, -0.05) is 6.07 Å². The standard InChI is InChI=1S/C25H31N3O7/c1-17-7-12-22(33-16-18-6-5-13-27(15-18)35-23(29)25(2,3)4)21(14-17)26-24(30)34-20-10-8-19(9-11-20)28(31)32/h7-12,14,18H,5-6,13,15-16H2,1-4H3,(H,26,30). The molecule has 0 spiro atoms. The lowest BCUT2D eigenvalue weighted by Gasteiger charge is -2.32. The molecule has 1 aliphatic rings. The molecule has 0 radical (unpaired) electrons. The molecule has 1 fully saturated rings. The molecule has 1 heterocycles. The first-order valence-electron chi connectivity index (χ1n) is 11.5. The van der Waals surface area contributed by atoms with Crippen LogP contribution >= 0.6 is 0 Å². The van der Waals surface area contributed by atoms with Crippen LogP contribution in [0.4, 0.5) is 16.2 Å². The maximum absolute atomic E-state index is 12.4. The van der Waals surface area contributed by atoms with Gasteiger partial charge in [0.2, 0.25) is 0 Å². The first kappa shape index (κ1) is 26.0. The molecule has 3 rings (SSSR count). The number of ether oxygens (including phenoxy) is 2. The summed E-state index contributed by atoms with van der Waals surface area (Å²) in [6, 6.07) is 10.6. The highest BCUT2D eigenvalue weighted by Gasteiger charge is 2.29. The van der Waals surface area contributed by atoms with E-state index in [4.69, 9.17) is 14.3 Å². The van der Waals surface area contributed by atoms with Crippen molar-refractivity contribution < 1.29 is 28.8 Å². The van der Waals surface area contributed by atoms with Gasteiger partial charge in [-0.2, -0.15) is 0 Å². The van der Waals surface area contributed by atoms with Gasteiger partial charge in [-0.15, -0.1) is 5.06 Å². The number of hydrogen-bond acceptors (Lipinski definition) is 8. The smallest absolute Gasteiger partial charge is 0.417 e. The molecule has 10 nitrogen and oxygen atoms in total. The van der Waals surface area contributed by atoms with Crippen molar-refractivity contribution in [3.05, 3.63) is 58.1 Å². The summed E-state index contributed by atoms with van der Waals surface area (Å²) >= 11 is 0. The number of nitrogens with zero attached hydrogens (tertiary/aromatic N) is 2. The fourth-order valence-corrected chi connectivity index (χ4v) is 3.45. The minimum absolute atomic E-state index is 0.0958. The van der Waals surface area contributed by atoms with Crippen LogP contribution in [0, 0.1) is 28.4 Å². The van der Waals surface area contributed by atoms with Crippen molar-refractivity contribution in [1.29, 1.82) is 0 Å². The van der Waals surface area contributed by atoms with Crippen molar-refractivity contribution in [2.45, 2.75) is 40.5 Å². The fourth-order valence-electron chi connectivity index (χ4n) is 3.45. The van der Waals surface area contributed by atoms with Crippen LogP contribution in [0.1, 0.15) is 39.2 Å². The predicted molar refractivity (Wildman–Crippen MR) is 129 cm³/mol. The molecule has 188 valence electrons. The number of hydroxylamine groups is 2. The molecule has 10 heteroatoms. The van der Waals surface area contributed by atoms with Crippen LogP contribution < -0.4 is 14.8 Å². The van der Waals surface area contributed by atoms with E-state index in [1.807, 2.05) is 33.8 Å². The number of rotatable bonds is 7. The largest absolute Gasteiger partial charge is 0.491 e. The van der Waals surface area contributed by atoms with E-state index < -0.39 is 16.4 Å². The van der Waals surface area contributed by atoms with E-state index in [1.54, 1.807) is 17.2 Å². The fraction of sp³-hybridized carbons (Fsp3) is 0.440. The number of nitro benzene ring substituents is 1. The molecule has 0 aromatic heterocycles. The number of nitrogens with one attached hydrogen (secondary N) is 1. The van der Waals surface area contributed by atoms with Gasteiger partial charge in [-0.05, 0) is 70.4 Å². The van der Waals surface area contributed by atoms with Crippen molar-refractivity contribution in [2.24, 2.45) is 11.3 Å². The average Bonchev–Trinajstić information content (AvgIpc) is 2.78. The van der Waals surface area contributed by atoms with Gasteiger partial charge < -0.3 is 14.3 Å². The molecule has 0 aliphatic carbocycles. The van der Waals surface area contributed by atoms with Crippen LogP contribution in [-0.2, 0) is 9.63 Å². The summed E-state index contributed by atoms with van der Waals surface area (Å²) in [6.45, 7) is 8.98. The Morgan fingerprint density at radius 1 is 1.17 bits per heavy atom. The van der Waals surface area contributed by atoms with Crippen molar-refractivity contribution >= 4 is 23.4 Å². The molecule has 1 atom stereocenters. The molecule has 1 unspecified atom stereocenters. The molecule has 0 bridgehead atoms. The summed E-state index contributed by atoms with van der Waals surface area (Å²) in [5, 5.41) is 15.1. The second kappa shape index (κ2) is 11.2. The summed E-state index contributed by atoms with van der Waals surface area (Å²) in [5.74, 6) is 0.545. The number of hydrogen-bond donors (Lipinski definition) is 1. The Hall–Kier alpha value is -3.66. The van der Waals surface area contributed by atoms with Crippen molar-refractivity contribution in [2.75, 3.05) is 25.0 Å². The Labute approximate surface area is 204 Å². The number of benzene rings is 2. The van der Waals surface area contributed by atoms with Gasteiger partial charge in [0.25, 0.3) is 5.69 Å². The number of amides is 1. The summed E-state index contributed by atoms with van der Waals surface area (Å²) in [4.78, 5) is 40.4. The SMILES string of the molecule is Cc1ccc(OCC2CCCN(OC(=O)C(C)(C)C)C2)c(NC(=O)Oc2ccc([N+](=O)[O-])cc2)c1. The van der Waals surface area contributed by atoms with Crippen LogP contribution in [0.2, 0.25) is 0 Å². The number of non-ortho nitro benzene ring substituents is 1. The Morgan fingerprint density at radius 3 is 2.54 bits per heavy atom. The van der Waals surface area contributed by atoms with Gasteiger partial charge in [0, 0.05) is 31.1 Å². The second-order valence-electron chi connectivity index (χ2n) is 9.60. The Bertz CT molecular complexity index is 1060. The van der Waals surface area contributed by atoms with E-state index >= 15 is 0 Å². The molecule has 0 saturated carbocycles. The number of carbonyl (C=O) groups excluding carboxylic acids is 2. The molecular weight excluding hydrogens is 454 g/mol. The van der Waals surface area contributed by atoms with Crippen LogP contribution in [0.3, 0.4) is 0 Å². The van der Waals surface area contributed by atoms with Crippen LogP contribution in [-0.4, -0.2) is 41.7 Å². The van der Waals surface area contributed by atoms with Gasteiger partial charge in [0.1, 0.15) is 11.5 Å². The topological polar surface area (TPSA) is 120 Å². The zero-order valence-electron chi connectivity index (χ0n) is 20.4. The van der Waals surface area contributed by atoms with Gasteiger partial charge >= 0.3 is 12.1 Å². The van der Waals surface area contributed by atoms with E-state index in [9.17, 15) is 19.7 Å². The van der Waals surface area contributed by atoms with E-state index in [-0.39, 0.29) is 23.3 Å². The highest BCUT2D eigenvalue weighted by Crippen LogP contribution is 2.28. The normalized spacial score (nSPS) is 16.3. The quantitative estimate of drug-likeness (QED) is 0.424. The number of anilines is 1. The molecule has 35 heavy (non-hydrogen) atoms. The Balaban J connectivity index is 1.58. The Morgan fingerprint density at radius 2 is 1.89 bits per heavy atom. The number of carbonyl (C=O) groups is 2. The Kier molecular flexibility index (Phi) is 8.29. The highest BCUT2D eigenvalue weighted by molar-refractivity contribution is 5.88. The van der Waals surface area contributed by atoms with Crippen molar-refractivity contribution in [1.82, 2.24) is 5.06 Å². The van der Waals surface area contributed by atoms with Gasteiger partial charge in [-0.3, -0.25) is 15.4 Å². The van der Waals surface area contributed by atoms with Crippen LogP contribution in [0.25, 0.3) is 0 Å². The third kappa shape index (κ3) is 7.68. The molecule has 2 aromatic carbocycles. The molecule has 2 aromatic rings. The third-order valence-electron chi connectivity index (χ3n) is 5.41. The van der Waals surface area contributed by atoms with Crippen LogP contribution in [0.5, 0.6) is 11.5 Å². The van der Waals surface area contributed by atoms with E-state index in [0.29, 0.717) is 31.1 Å². The molecule has 1 amide bonds. The molecule has 1 N–H and O–H groups in total. The van der Waals surface area contributed by atoms with Gasteiger partial charge in [0.15, 0.2) is 0 Å². The minimum atomic E-state index is -0.743. The number of aryl methyl sites for hydroxylation is 1. The maximum Gasteiger partial charge on any atom is 0.417 e. The zero-order chi connectivity index (χ0) is 25.6. The lowest BCUT2D eigenvalue weighted by Crippen LogP contribution is -2.41. The van der Waals surface area contributed by atoms with E-state index in [2.05, 4.69) is 5.32 Å². The van der Waals surface area contributed by atoms with Gasteiger partial charge in [0.05, 0.1) is 22.6 Å². The average molecular weight is 486 g/mol. The van der Waals surface area contributed by atoms with E-state index in [1.165, 1.54) is 24.3 Å². The van der Waals surface area contributed by atoms with Crippen molar-refractivity contribution in [3.8, 4) is 11.5 Å². The lowest BCUT2D eigenvalue weighted by molar-refractivity contribution is -0.384. The summed E-state index contributed by atoms with van der Waals surface area (Å²) in [7, 11) is 0. The number of piperidine rings is 1.